The maximum Gasteiger partial charge on any atom is 0.0695 e. The van der Waals surface area contributed by atoms with Crippen LogP contribution in [0.4, 0.5) is 0 Å². The average Bonchev–Trinajstić information content (AvgIpc) is 2.28. The first-order chi connectivity index (χ1) is 8.11. The minimum absolute atomic E-state index is 0.135. The van der Waals surface area contributed by atoms with Crippen LogP contribution in [-0.2, 0) is 4.74 Å². The summed E-state index contributed by atoms with van der Waals surface area (Å²) in [6, 6.07) is 0.345. The van der Waals surface area contributed by atoms with E-state index in [2.05, 4.69) is 25.8 Å². The normalized spacial score (nSPS) is 25.8. The number of rotatable bonds is 7. The SMILES string of the molecule is CC(C)CCOCCN(C)C1CCCCC1O. The predicted molar refractivity (Wildman–Crippen MR) is 71.2 cm³/mol. The van der Waals surface area contributed by atoms with Gasteiger partial charge in [0.2, 0.25) is 0 Å². The molecule has 1 rings (SSSR count). The molecule has 1 saturated carbocycles. The highest BCUT2D eigenvalue weighted by atomic mass is 16.5. The van der Waals surface area contributed by atoms with Crippen molar-refractivity contribution in [3.05, 3.63) is 0 Å². The van der Waals surface area contributed by atoms with Crippen molar-refractivity contribution >= 4 is 0 Å². The number of ether oxygens (including phenoxy) is 1. The van der Waals surface area contributed by atoms with Crippen molar-refractivity contribution in [2.75, 3.05) is 26.8 Å². The van der Waals surface area contributed by atoms with E-state index in [0.29, 0.717) is 12.0 Å². The average molecular weight is 243 g/mol. The van der Waals surface area contributed by atoms with Gasteiger partial charge in [-0.3, -0.25) is 4.90 Å². The van der Waals surface area contributed by atoms with Crippen LogP contribution in [0.15, 0.2) is 0 Å². The van der Waals surface area contributed by atoms with Gasteiger partial charge >= 0.3 is 0 Å². The molecule has 0 amide bonds. The van der Waals surface area contributed by atoms with Crippen LogP contribution in [0, 0.1) is 5.92 Å². The summed E-state index contributed by atoms with van der Waals surface area (Å²) in [6.07, 6.45) is 5.52. The van der Waals surface area contributed by atoms with Crippen LogP contribution >= 0.6 is 0 Å². The first-order valence-electron chi connectivity index (χ1n) is 7.07. The molecule has 0 aromatic carbocycles. The van der Waals surface area contributed by atoms with Crippen LogP contribution in [0.3, 0.4) is 0 Å². The van der Waals surface area contributed by atoms with Gasteiger partial charge in [0.15, 0.2) is 0 Å². The largest absolute Gasteiger partial charge is 0.391 e. The zero-order valence-electron chi connectivity index (χ0n) is 11.7. The Labute approximate surface area is 106 Å². The Balaban J connectivity index is 2.09. The van der Waals surface area contributed by atoms with E-state index in [9.17, 15) is 5.11 Å². The quantitative estimate of drug-likeness (QED) is 0.696. The Hall–Kier alpha value is -0.120. The van der Waals surface area contributed by atoms with E-state index in [4.69, 9.17) is 4.74 Å². The number of hydrogen-bond acceptors (Lipinski definition) is 3. The van der Waals surface area contributed by atoms with Crippen molar-refractivity contribution in [3.8, 4) is 0 Å². The third kappa shape index (κ3) is 5.84. The lowest BCUT2D eigenvalue weighted by atomic mass is 9.92. The molecule has 2 unspecified atom stereocenters. The standard InChI is InChI=1S/C14H29NO2/c1-12(2)8-10-17-11-9-15(3)13-6-4-5-7-14(13)16/h12-14,16H,4-11H2,1-3H3. The molecule has 3 nitrogen and oxygen atoms in total. The van der Waals surface area contributed by atoms with E-state index in [1.807, 2.05) is 0 Å². The lowest BCUT2D eigenvalue weighted by Crippen LogP contribution is -2.44. The van der Waals surface area contributed by atoms with E-state index in [1.54, 1.807) is 0 Å². The van der Waals surface area contributed by atoms with E-state index < -0.39 is 0 Å². The zero-order valence-corrected chi connectivity index (χ0v) is 11.7. The third-order valence-corrected chi connectivity index (χ3v) is 3.69. The smallest absolute Gasteiger partial charge is 0.0695 e. The van der Waals surface area contributed by atoms with Crippen LogP contribution < -0.4 is 0 Å². The molecule has 0 aromatic rings. The van der Waals surface area contributed by atoms with Crippen LogP contribution in [-0.4, -0.2) is 49.0 Å². The van der Waals surface area contributed by atoms with Gasteiger partial charge in [-0.25, -0.2) is 0 Å². The molecule has 0 spiro atoms. The van der Waals surface area contributed by atoms with E-state index in [-0.39, 0.29) is 6.10 Å². The van der Waals surface area contributed by atoms with Gasteiger partial charge in [-0.1, -0.05) is 26.7 Å². The highest BCUT2D eigenvalue weighted by Crippen LogP contribution is 2.22. The van der Waals surface area contributed by atoms with Gasteiger partial charge < -0.3 is 9.84 Å². The summed E-state index contributed by atoms with van der Waals surface area (Å²) in [7, 11) is 2.10. The molecule has 1 fully saturated rings. The molecule has 0 heterocycles. The Bertz CT molecular complexity index is 197. The maximum atomic E-state index is 9.93. The fourth-order valence-electron chi connectivity index (χ4n) is 2.40. The summed E-state index contributed by atoms with van der Waals surface area (Å²) in [5.41, 5.74) is 0. The second kappa shape index (κ2) is 8.06. The van der Waals surface area contributed by atoms with Crippen molar-refractivity contribution in [1.29, 1.82) is 0 Å². The third-order valence-electron chi connectivity index (χ3n) is 3.69. The maximum absolute atomic E-state index is 9.93. The number of nitrogens with zero attached hydrogens (tertiary/aromatic N) is 1. The molecule has 0 saturated heterocycles. The molecular formula is C14H29NO2. The summed E-state index contributed by atoms with van der Waals surface area (Å²) in [6.45, 7) is 7.01. The van der Waals surface area contributed by atoms with E-state index >= 15 is 0 Å². The fourth-order valence-corrected chi connectivity index (χ4v) is 2.40. The van der Waals surface area contributed by atoms with E-state index in [1.165, 1.54) is 12.8 Å². The van der Waals surface area contributed by atoms with Crippen LogP contribution in [0.5, 0.6) is 0 Å². The minimum atomic E-state index is -0.135. The first-order valence-corrected chi connectivity index (χ1v) is 7.07. The Morgan fingerprint density at radius 2 is 1.94 bits per heavy atom. The lowest BCUT2D eigenvalue weighted by Gasteiger charge is -2.35. The molecule has 1 aliphatic rings. The summed E-state index contributed by atoms with van der Waals surface area (Å²) >= 11 is 0. The van der Waals surface area contributed by atoms with Gasteiger partial charge in [-0.05, 0) is 32.2 Å². The molecule has 1 N–H and O–H groups in total. The molecule has 0 radical (unpaired) electrons. The molecule has 1 aliphatic carbocycles. The number of hydrogen-bond donors (Lipinski definition) is 1. The first kappa shape index (κ1) is 14.9. The fraction of sp³-hybridized carbons (Fsp3) is 1.00. The zero-order chi connectivity index (χ0) is 12.7. The van der Waals surface area contributed by atoms with Crippen LogP contribution in [0.2, 0.25) is 0 Å². The molecule has 17 heavy (non-hydrogen) atoms. The van der Waals surface area contributed by atoms with Crippen molar-refractivity contribution in [2.24, 2.45) is 5.92 Å². The molecule has 102 valence electrons. The Morgan fingerprint density at radius 1 is 1.24 bits per heavy atom. The van der Waals surface area contributed by atoms with Crippen molar-refractivity contribution in [3.63, 3.8) is 0 Å². The van der Waals surface area contributed by atoms with Crippen LogP contribution in [0.25, 0.3) is 0 Å². The van der Waals surface area contributed by atoms with Gasteiger partial charge in [0.1, 0.15) is 0 Å². The van der Waals surface area contributed by atoms with E-state index in [0.717, 1.165) is 39.0 Å². The molecule has 0 aliphatic heterocycles. The molecule has 3 heteroatoms. The lowest BCUT2D eigenvalue weighted by molar-refractivity contribution is 0.0158. The molecule has 0 aromatic heterocycles. The summed E-state index contributed by atoms with van der Waals surface area (Å²) in [5.74, 6) is 0.716. The summed E-state index contributed by atoms with van der Waals surface area (Å²) in [4.78, 5) is 2.26. The van der Waals surface area contributed by atoms with Gasteiger partial charge in [0.25, 0.3) is 0 Å². The van der Waals surface area contributed by atoms with Crippen molar-refractivity contribution < 1.29 is 9.84 Å². The predicted octanol–water partition coefficient (Wildman–Crippen LogP) is 2.28. The summed E-state index contributed by atoms with van der Waals surface area (Å²) < 4.78 is 5.62. The molecule has 2 atom stereocenters. The second-order valence-corrected chi connectivity index (χ2v) is 5.69. The van der Waals surface area contributed by atoms with Gasteiger partial charge in [-0.2, -0.15) is 0 Å². The highest BCUT2D eigenvalue weighted by molar-refractivity contribution is 4.81. The summed E-state index contributed by atoms with van der Waals surface area (Å²) in [5, 5.41) is 9.93. The Kier molecular flexibility index (Phi) is 7.09. The van der Waals surface area contributed by atoms with Gasteiger partial charge in [0, 0.05) is 19.2 Å². The Morgan fingerprint density at radius 3 is 2.59 bits per heavy atom. The second-order valence-electron chi connectivity index (χ2n) is 5.69. The topological polar surface area (TPSA) is 32.7 Å². The molecule has 0 bridgehead atoms. The number of likely N-dealkylation sites (N-methyl/N-ethyl adjacent to an activating group) is 1. The van der Waals surface area contributed by atoms with Gasteiger partial charge in [0.05, 0.1) is 12.7 Å². The van der Waals surface area contributed by atoms with Gasteiger partial charge in [-0.15, -0.1) is 0 Å². The van der Waals surface area contributed by atoms with Crippen molar-refractivity contribution in [1.82, 2.24) is 4.90 Å². The monoisotopic (exact) mass is 243 g/mol. The number of aliphatic hydroxyl groups excluding tert-OH is 1. The highest BCUT2D eigenvalue weighted by Gasteiger charge is 2.25. The number of aliphatic hydroxyl groups is 1. The minimum Gasteiger partial charge on any atom is -0.391 e. The molecular weight excluding hydrogens is 214 g/mol. The van der Waals surface area contributed by atoms with Crippen LogP contribution in [0.1, 0.15) is 46.0 Å². The van der Waals surface area contributed by atoms with Crippen molar-refractivity contribution in [2.45, 2.75) is 58.1 Å².